The number of rotatable bonds is 16. The minimum absolute atomic E-state index is 0. The zero-order chi connectivity index (χ0) is 20.0. The Hall–Kier alpha value is -0.814. The summed E-state index contributed by atoms with van der Waals surface area (Å²) in [5.41, 5.74) is 0.176. The fourth-order valence-corrected chi connectivity index (χ4v) is 2.35. The quantitative estimate of drug-likeness (QED) is 0.134. The van der Waals surface area contributed by atoms with Crippen molar-refractivity contribution in [2.24, 2.45) is 0 Å². The average Bonchev–Trinajstić information content (AvgIpc) is 2.58. The number of unbranched alkanes of at least 4 members (excludes halogenated alkanes) is 11. The van der Waals surface area contributed by atoms with Crippen molar-refractivity contribution in [3.05, 3.63) is 24.3 Å². The molecule has 0 spiro atoms. The topological polar surface area (TPSA) is 74.6 Å². The van der Waals surface area contributed by atoms with Crippen molar-refractivity contribution in [1.29, 1.82) is 0 Å². The van der Waals surface area contributed by atoms with Gasteiger partial charge in [-0.15, -0.1) is 0 Å². The van der Waals surface area contributed by atoms with E-state index in [0.29, 0.717) is 6.42 Å². The molecule has 0 amide bonds. The monoisotopic (exact) mass is 394 g/mol. The molecule has 0 aliphatic rings. The van der Waals surface area contributed by atoms with Gasteiger partial charge in [-0.05, 0) is 39.0 Å². The third-order valence-electron chi connectivity index (χ3n) is 4.02. The number of carboxylic acid groups (broad SMARTS) is 2. The first kappa shape index (κ1) is 30.9. The van der Waals surface area contributed by atoms with Crippen LogP contribution in [0.5, 0.6) is 0 Å². The second-order valence-corrected chi connectivity index (χ2v) is 6.81. The van der Waals surface area contributed by atoms with E-state index < -0.39 is 11.9 Å². The predicted octanol–water partition coefficient (Wildman–Crippen LogP) is 6.60. The van der Waals surface area contributed by atoms with Crippen molar-refractivity contribution in [1.82, 2.24) is 0 Å². The van der Waals surface area contributed by atoms with Crippen LogP contribution in [-0.4, -0.2) is 45.2 Å². The van der Waals surface area contributed by atoms with E-state index in [4.69, 9.17) is 10.2 Å². The Morgan fingerprint density at radius 3 is 1.56 bits per heavy atom. The molecule has 0 saturated heterocycles. The van der Waals surface area contributed by atoms with E-state index in [2.05, 4.69) is 25.7 Å². The minimum atomic E-state index is -0.935. The van der Waals surface area contributed by atoms with E-state index >= 15 is 0 Å². The van der Waals surface area contributed by atoms with Gasteiger partial charge in [0.05, 0.1) is 0 Å². The van der Waals surface area contributed by atoms with Crippen LogP contribution in [0.1, 0.15) is 107 Å². The molecule has 0 aromatic rings. The maximum absolute atomic E-state index is 10.3. The smallest absolute Gasteiger partial charge is 1.00 e. The van der Waals surface area contributed by atoms with E-state index in [0.717, 1.165) is 12.8 Å². The summed E-state index contributed by atoms with van der Waals surface area (Å²) in [6.45, 7) is 6.86. The number of hydrogen-bond acceptors (Lipinski definition) is 2. The molecular formula is C22H42MgO4. The molecule has 0 aromatic carbocycles. The van der Waals surface area contributed by atoms with E-state index in [1.807, 2.05) is 0 Å². The van der Waals surface area contributed by atoms with Crippen molar-refractivity contribution < 1.29 is 22.7 Å². The van der Waals surface area contributed by atoms with Gasteiger partial charge in [-0.3, -0.25) is 4.79 Å². The van der Waals surface area contributed by atoms with Crippen molar-refractivity contribution in [2.75, 3.05) is 0 Å². The van der Waals surface area contributed by atoms with Crippen LogP contribution in [0.2, 0.25) is 0 Å². The normalized spacial score (nSPS) is 10.0. The molecule has 4 nitrogen and oxygen atoms in total. The van der Waals surface area contributed by atoms with Crippen LogP contribution in [0.4, 0.5) is 0 Å². The van der Waals surface area contributed by atoms with Gasteiger partial charge in [0.1, 0.15) is 0 Å². The number of hydrogen-bond donors (Lipinski definition) is 2. The van der Waals surface area contributed by atoms with Gasteiger partial charge < -0.3 is 13.1 Å². The van der Waals surface area contributed by atoms with Crippen LogP contribution < -0.4 is 0 Å². The fraction of sp³-hybridized carbons (Fsp3) is 0.727. The summed E-state index contributed by atoms with van der Waals surface area (Å²) in [5, 5.41) is 16.4. The molecule has 0 aliphatic carbocycles. The maximum atomic E-state index is 10.3. The molecule has 0 atom stereocenters. The van der Waals surface area contributed by atoms with E-state index in [1.165, 1.54) is 77.6 Å². The molecular weight excluding hydrogens is 353 g/mol. The first-order chi connectivity index (χ1) is 12.4. The second-order valence-electron chi connectivity index (χ2n) is 6.81. The molecule has 156 valence electrons. The molecule has 0 aromatic heterocycles. The van der Waals surface area contributed by atoms with Gasteiger partial charge in [0.25, 0.3) is 0 Å². The molecule has 2 N–H and O–H groups in total. The SMILES string of the molecule is C=C(C)C(=O)O.CCCCCCCC/C=C/CCCCCCCC(=O)O.[H-].[H-].[Mg+2]. The van der Waals surface area contributed by atoms with Crippen LogP contribution in [0.15, 0.2) is 24.3 Å². The fourth-order valence-electron chi connectivity index (χ4n) is 2.35. The Morgan fingerprint density at radius 1 is 0.815 bits per heavy atom. The van der Waals surface area contributed by atoms with Crippen LogP contribution in [0.25, 0.3) is 0 Å². The molecule has 0 saturated carbocycles. The number of aliphatic carboxylic acids is 2. The minimum Gasteiger partial charge on any atom is -1.00 e. The van der Waals surface area contributed by atoms with Gasteiger partial charge in [0.15, 0.2) is 0 Å². The van der Waals surface area contributed by atoms with Gasteiger partial charge in [-0.25, -0.2) is 4.79 Å². The predicted molar refractivity (Wildman–Crippen MR) is 118 cm³/mol. The molecule has 0 rings (SSSR count). The molecule has 0 unspecified atom stereocenters. The van der Waals surface area contributed by atoms with Crippen molar-refractivity contribution in [2.45, 2.75) is 104 Å². The zero-order valence-corrected chi connectivity index (χ0v) is 19.1. The first-order valence-corrected chi connectivity index (χ1v) is 10.2. The van der Waals surface area contributed by atoms with E-state index in [9.17, 15) is 9.59 Å². The van der Waals surface area contributed by atoms with Gasteiger partial charge in [0, 0.05) is 12.0 Å². The Balaban J connectivity index is -0.000000186. The van der Waals surface area contributed by atoms with Crippen molar-refractivity contribution >= 4 is 35.0 Å². The van der Waals surface area contributed by atoms with Gasteiger partial charge in [-0.2, -0.15) is 0 Å². The molecule has 0 bridgehead atoms. The summed E-state index contributed by atoms with van der Waals surface area (Å²) < 4.78 is 0. The number of carbonyl (C=O) groups is 2. The Morgan fingerprint density at radius 2 is 1.19 bits per heavy atom. The van der Waals surface area contributed by atoms with E-state index in [-0.39, 0.29) is 31.5 Å². The Labute approximate surface area is 185 Å². The van der Waals surface area contributed by atoms with E-state index in [1.54, 1.807) is 0 Å². The number of allylic oxidation sites excluding steroid dienone is 2. The zero-order valence-electron chi connectivity index (χ0n) is 19.7. The summed E-state index contributed by atoms with van der Waals surface area (Å²) in [6.07, 6.45) is 21.2. The third kappa shape index (κ3) is 33.2. The maximum Gasteiger partial charge on any atom is 2.00 e. The third-order valence-corrected chi connectivity index (χ3v) is 4.02. The summed E-state index contributed by atoms with van der Waals surface area (Å²) in [6, 6.07) is 0. The summed E-state index contributed by atoms with van der Waals surface area (Å²) >= 11 is 0. The van der Waals surface area contributed by atoms with Gasteiger partial charge in [-0.1, -0.05) is 77.0 Å². The molecule has 27 heavy (non-hydrogen) atoms. The van der Waals surface area contributed by atoms with Crippen LogP contribution in [0.3, 0.4) is 0 Å². The average molecular weight is 395 g/mol. The summed E-state index contributed by atoms with van der Waals surface area (Å²) in [7, 11) is 0. The van der Waals surface area contributed by atoms with Crippen LogP contribution in [-0.2, 0) is 9.59 Å². The van der Waals surface area contributed by atoms with Crippen molar-refractivity contribution in [3.8, 4) is 0 Å². The molecule has 0 fully saturated rings. The standard InChI is InChI=1S/C18H34O2.C4H6O2.Mg.2H/c1-2-3-4-5-6-7-8-9-10-11-12-13-14-15-16-17-18(19)20;1-3(2)4(5)6;;;/h9-10H,2-8,11-17H2,1H3,(H,19,20);1H2,2H3,(H,5,6);;;/q;;+2;2*-1/b10-9+;;;;. The molecule has 0 radical (unpaired) electrons. The summed E-state index contributed by atoms with van der Waals surface area (Å²) in [5.74, 6) is -1.60. The largest absolute Gasteiger partial charge is 2.00 e. The molecule has 5 heteroatoms. The van der Waals surface area contributed by atoms with Gasteiger partial charge in [0.2, 0.25) is 0 Å². The van der Waals surface area contributed by atoms with Crippen molar-refractivity contribution in [3.63, 3.8) is 0 Å². The Kier molecular flexibility index (Phi) is 28.8. The van der Waals surface area contributed by atoms with Gasteiger partial charge >= 0.3 is 35.0 Å². The second kappa shape index (κ2) is 25.2. The number of carboxylic acids is 2. The van der Waals surface area contributed by atoms with Crippen LogP contribution >= 0.6 is 0 Å². The first-order valence-electron chi connectivity index (χ1n) is 10.2. The molecule has 0 heterocycles. The Bertz CT molecular complexity index is 390. The van der Waals surface area contributed by atoms with Crippen LogP contribution in [0, 0.1) is 0 Å². The summed E-state index contributed by atoms with van der Waals surface area (Å²) in [4.78, 5) is 19.9. The molecule has 0 aliphatic heterocycles.